The zero-order chi connectivity index (χ0) is 21.5. The first-order valence-corrected chi connectivity index (χ1v) is 10.7. The first-order chi connectivity index (χ1) is 14.3. The van der Waals surface area contributed by atoms with Gasteiger partial charge < -0.3 is 10.1 Å². The topological polar surface area (TPSA) is 55.4 Å². The van der Waals surface area contributed by atoms with E-state index >= 15 is 0 Å². The van der Waals surface area contributed by atoms with Crippen LogP contribution in [-0.2, 0) is 14.3 Å². The molecule has 1 aliphatic heterocycles. The molecule has 4 heteroatoms. The minimum Gasteiger partial charge on any atom is -0.462 e. The van der Waals surface area contributed by atoms with Crippen molar-refractivity contribution in [1.82, 2.24) is 5.32 Å². The molecule has 4 rings (SSSR count). The van der Waals surface area contributed by atoms with E-state index in [1.165, 1.54) is 0 Å². The summed E-state index contributed by atoms with van der Waals surface area (Å²) in [5, 5.41) is 5.55. The molecule has 0 amide bonds. The number of carbonyl (C=O) groups is 2. The predicted molar refractivity (Wildman–Crippen MR) is 119 cm³/mol. The summed E-state index contributed by atoms with van der Waals surface area (Å²) in [6.07, 6.45) is 2.01. The Balaban J connectivity index is 1.94. The van der Waals surface area contributed by atoms with Crippen molar-refractivity contribution in [3.05, 3.63) is 70.6 Å². The fraction of sp³-hybridized carbons (Fsp3) is 0.385. The Morgan fingerprint density at radius 2 is 1.87 bits per heavy atom. The van der Waals surface area contributed by atoms with Crippen LogP contribution in [0.25, 0.3) is 10.8 Å². The molecule has 30 heavy (non-hydrogen) atoms. The van der Waals surface area contributed by atoms with Gasteiger partial charge in [-0.3, -0.25) is 4.79 Å². The van der Waals surface area contributed by atoms with E-state index in [9.17, 15) is 9.59 Å². The molecular formula is C26H29NO3. The second-order valence-electron chi connectivity index (χ2n) is 9.13. The van der Waals surface area contributed by atoms with Gasteiger partial charge in [0.05, 0.1) is 12.2 Å². The van der Waals surface area contributed by atoms with Crippen LogP contribution in [0, 0.1) is 5.41 Å². The molecule has 0 fully saturated rings. The Morgan fingerprint density at radius 1 is 1.13 bits per heavy atom. The number of fused-ring (bicyclic) bond motifs is 1. The molecule has 2 aromatic carbocycles. The number of hydrogen-bond donors (Lipinski definition) is 1. The predicted octanol–water partition coefficient (Wildman–Crippen LogP) is 5.40. The van der Waals surface area contributed by atoms with Crippen molar-refractivity contribution in [3.8, 4) is 0 Å². The van der Waals surface area contributed by atoms with Crippen molar-refractivity contribution in [3.63, 3.8) is 0 Å². The van der Waals surface area contributed by atoms with Crippen molar-refractivity contribution < 1.29 is 14.3 Å². The summed E-state index contributed by atoms with van der Waals surface area (Å²) < 4.78 is 5.55. The van der Waals surface area contributed by atoms with Gasteiger partial charge in [-0.15, -0.1) is 0 Å². The quantitative estimate of drug-likeness (QED) is 0.695. The smallest absolute Gasteiger partial charge is 0.336 e. The molecule has 0 radical (unpaired) electrons. The van der Waals surface area contributed by atoms with Gasteiger partial charge in [-0.1, -0.05) is 63.2 Å². The van der Waals surface area contributed by atoms with Crippen LogP contribution in [-0.4, -0.2) is 18.4 Å². The highest BCUT2D eigenvalue weighted by Gasteiger charge is 2.43. The first kappa shape index (κ1) is 20.4. The molecule has 0 saturated heterocycles. The molecule has 0 unspecified atom stereocenters. The third-order valence-electron chi connectivity index (χ3n) is 6.03. The summed E-state index contributed by atoms with van der Waals surface area (Å²) in [7, 11) is 0. The van der Waals surface area contributed by atoms with Crippen LogP contribution >= 0.6 is 0 Å². The number of dihydropyridines is 1. The minimum absolute atomic E-state index is 0.104. The van der Waals surface area contributed by atoms with Gasteiger partial charge in [-0.2, -0.15) is 0 Å². The molecule has 0 aromatic heterocycles. The molecule has 1 N–H and O–H groups in total. The molecular weight excluding hydrogens is 374 g/mol. The van der Waals surface area contributed by atoms with E-state index in [-0.39, 0.29) is 17.2 Å². The second-order valence-corrected chi connectivity index (χ2v) is 9.13. The van der Waals surface area contributed by atoms with Crippen molar-refractivity contribution in [1.29, 1.82) is 0 Å². The number of carbonyl (C=O) groups excluding carboxylic acids is 2. The Hall–Kier alpha value is -2.88. The lowest BCUT2D eigenvalue weighted by Crippen LogP contribution is -2.38. The molecule has 2 aromatic rings. The van der Waals surface area contributed by atoms with E-state index in [4.69, 9.17) is 4.74 Å². The largest absolute Gasteiger partial charge is 0.462 e. The van der Waals surface area contributed by atoms with Crippen molar-refractivity contribution in [2.75, 3.05) is 6.61 Å². The van der Waals surface area contributed by atoms with Crippen molar-refractivity contribution in [2.24, 2.45) is 5.41 Å². The number of hydrogen-bond acceptors (Lipinski definition) is 4. The lowest BCUT2D eigenvalue weighted by atomic mass is 9.68. The molecule has 0 bridgehead atoms. The molecule has 156 valence electrons. The van der Waals surface area contributed by atoms with E-state index in [1.807, 2.05) is 38.1 Å². The van der Waals surface area contributed by atoms with Crippen LogP contribution in [0.5, 0.6) is 0 Å². The summed E-state index contributed by atoms with van der Waals surface area (Å²) in [5.74, 6) is -0.649. The Morgan fingerprint density at radius 3 is 2.63 bits per heavy atom. The first-order valence-electron chi connectivity index (χ1n) is 10.7. The van der Waals surface area contributed by atoms with Crippen LogP contribution in [0.2, 0.25) is 0 Å². The maximum atomic E-state index is 13.4. The number of esters is 1. The van der Waals surface area contributed by atoms with Crippen LogP contribution in [0.3, 0.4) is 0 Å². The third-order valence-corrected chi connectivity index (χ3v) is 6.03. The molecule has 1 heterocycles. The highest BCUT2D eigenvalue weighted by Crippen LogP contribution is 2.48. The maximum Gasteiger partial charge on any atom is 0.336 e. The van der Waals surface area contributed by atoms with Crippen LogP contribution in [0.15, 0.2) is 65.0 Å². The zero-order valence-electron chi connectivity index (χ0n) is 18.2. The number of rotatable bonds is 4. The Bertz CT molecular complexity index is 1090. The molecule has 2 aliphatic rings. The van der Waals surface area contributed by atoms with E-state index in [0.717, 1.165) is 46.1 Å². The van der Waals surface area contributed by atoms with Crippen molar-refractivity contribution in [2.45, 2.75) is 52.9 Å². The fourth-order valence-electron chi connectivity index (χ4n) is 4.79. The molecule has 1 atom stereocenters. The summed E-state index contributed by atoms with van der Waals surface area (Å²) in [5.41, 5.74) is 3.87. The van der Waals surface area contributed by atoms with Gasteiger partial charge in [0.2, 0.25) is 0 Å². The lowest BCUT2D eigenvalue weighted by Gasteiger charge is -2.39. The maximum absolute atomic E-state index is 13.4. The summed E-state index contributed by atoms with van der Waals surface area (Å²) >= 11 is 0. The van der Waals surface area contributed by atoms with Crippen LogP contribution < -0.4 is 5.32 Å². The van der Waals surface area contributed by atoms with E-state index < -0.39 is 5.92 Å². The van der Waals surface area contributed by atoms with Gasteiger partial charge in [0, 0.05) is 29.3 Å². The van der Waals surface area contributed by atoms with Gasteiger partial charge in [-0.05, 0) is 41.5 Å². The zero-order valence-corrected chi connectivity index (χ0v) is 18.2. The number of nitrogens with one attached hydrogen (secondary N) is 1. The van der Waals surface area contributed by atoms with Crippen LogP contribution in [0.4, 0.5) is 0 Å². The monoisotopic (exact) mass is 403 g/mol. The molecule has 4 nitrogen and oxygen atoms in total. The van der Waals surface area contributed by atoms with E-state index in [2.05, 4.69) is 37.4 Å². The minimum atomic E-state index is -0.416. The van der Waals surface area contributed by atoms with Gasteiger partial charge in [0.15, 0.2) is 5.78 Å². The molecule has 0 saturated carbocycles. The SMILES string of the molecule is CCCOC(=O)C1=C(C)NC2=C(C(=O)CC(C)(C)C2)[C@@H]1c1cccc2ccccc12. The molecule has 1 aliphatic carbocycles. The average molecular weight is 404 g/mol. The lowest BCUT2D eigenvalue weighted by molar-refractivity contribution is -0.139. The summed E-state index contributed by atoms with van der Waals surface area (Å²) in [6, 6.07) is 14.2. The number of ketones is 1. The van der Waals surface area contributed by atoms with Crippen molar-refractivity contribution >= 4 is 22.5 Å². The summed E-state index contributed by atoms with van der Waals surface area (Å²) in [4.78, 5) is 26.5. The highest BCUT2D eigenvalue weighted by atomic mass is 16.5. The van der Waals surface area contributed by atoms with E-state index in [1.54, 1.807) is 0 Å². The van der Waals surface area contributed by atoms with Gasteiger partial charge in [0.1, 0.15) is 0 Å². The number of benzene rings is 2. The average Bonchev–Trinajstić information content (AvgIpc) is 2.69. The second kappa shape index (κ2) is 7.75. The fourth-order valence-corrected chi connectivity index (χ4v) is 4.79. The molecule has 0 spiro atoms. The van der Waals surface area contributed by atoms with Crippen LogP contribution in [0.1, 0.15) is 58.4 Å². The number of allylic oxidation sites excluding steroid dienone is 3. The Kier molecular flexibility index (Phi) is 5.27. The van der Waals surface area contributed by atoms with Gasteiger partial charge in [0.25, 0.3) is 0 Å². The Labute approximate surface area is 178 Å². The van der Waals surface area contributed by atoms with Gasteiger partial charge in [-0.25, -0.2) is 4.79 Å². The normalized spacial score (nSPS) is 20.8. The number of ether oxygens (including phenoxy) is 1. The highest BCUT2D eigenvalue weighted by molar-refractivity contribution is 6.05. The summed E-state index contributed by atoms with van der Waals surface area (Å²) in [6.45, 7) is 8.49. The standard InChI is InChI=1S/C26H29NO3/c1-5-13-30-25(29)22-16(2)27-20-14-26(3,4)15-21(28)24(20)23(22)19-12-8-10-17-9-6-7-11-18(17)19/h6-12,23,27H,5,13-15H2,1-4H3/t23-/m1/s1. The third kappa shape index (κ3) is 3.55. The van der Waals surface area contributed by atoms with E-state index in [0.29, 0.717) is 18.6 Å². The number of Topliss-reactive ketones (excluding diaryl/α,β-unsaturated/α-hetero) is 1. The van der Waals surface area contributed by atoms with Gasteiger partial charge >= 0.3 is 5.97 Å².